The van der Waals surface area contributed by atoms with Gasteiger partial charge in [-0.05, 0) is 17.2 Å². The highest BCUT2D eigenvalue weighted by Gasteiger charge is 2.06. The molecule has 3 aromatic rings. The van der Waals surface area contributed by atoms with Crippen LogP contribution in [0, 0.1) is 0 Å². The average Bonchev–Trinajstić information content (AvgIpc) is 2.73. The standard InChI is InChI=1S/C23H23NO3/c25-23(18-26-17-19-9-3-1-4-10-19)24-15-16-27-22-14-8-7-13-21(22)20-11-5-2-6-12-20/h1-14H,15-18H2,(H,24,25). The molecule has 0 bridgehead atoms. The normalized spacial score (nSPS) is 10.4. The predicted octanol–water partition coefficient (Wildman–Crippen LogP) is 4.07. The third-order valence-corrected chi connectivity index (χ3v) is 4.00. The van der Waals surface area contributed by atoms with Gasteiger partial charge in [0.2, 0.25) is 5.91 Å². The highest BCUT2D eigenvalue weighted by molar-refractivity contribution is 5.77. The Hall–Kier alpha value is -3.11. The number of carbonyl (C=O) groups is 1. The molecule has 3 aromatic carbocycles. The number of carbonyl (C=O) groups excluding carboxylic acids is 1. The number of ether oxygens (including phenoxy) is 2. The maximum atomic E-state index is 11.8. The third kappa shape index (κ3) is 5.97. The molecule has 0 aliphatic heterocycles. The van der Waals surface area contributed by atoms with E-state index in [2.05, 4.69) is 5.32 Å². The van der Waals surface area contributed by atoms with E-state index in [4.69, 9.17) is 9.47 Å². The van der Waals surface area contributed by atoms with Crippen LogP contribution in [0.1, 0.15) is 5.56 Å². The molecular formula is C23H23NO3. The first-order valence-electron chi connectivity index (χ1n) is 8.98. The Bertz CT molecular complexity index is 835. The van der Waals surface area contributed by atoms with Gasteiger partial charge in [-0.25, -0.2) is 0 Å². The first kappa shape index (κ1) is 18.7. The van der Waals surface area contributed by atoms with Crippen LogP contribution < -0.4 is 10.1 Å². The Morgan fingerprint density at radius 2 is 1.48 bits per heavy atom. The minimum absolute atomic E-state index is 0.0372. The summed E-state index contributed by atoms with van der Waals surface area (Å²) in [6.07, 6.45) is 0. The molecular weight excluding hydrogens is 338 g/mol. The van der Waals surface area contributed by atoms with Crippen LogP contribution in [0.15, 0.2) is 84.9 Å². The Balaban J connectivity index is 1.40. The average molecular weight is 361 g/mol. The molecule has 0 saturated heterocycles. The summed E-state index contributed by atoms with van der Waals surface area (Å²) in [5.41, 5.74) is 3.19. The number of benzene rings is 3. The summed E-state index contributed by atoms with van der Waals surface area (Å²) < 4.78 is 11.3. The summed E-state index contributed by atoms with van der Waals surface area (Å²) in [6, 6.07) is 27.8. The van der Waals surface area contributed by atoms with Crippen LogP contribution in [0.2, 0.25) is 0 Å². The van der Waals surface area contributed by atoms with E-state index in [9.17, 15) is 4.79 Å². The molecule has 0 aliphatic rings. The quantitative estimate of drug-likeness (QED) is 0.585. The van der Waals surface area contributed by atoms with E-state index in [1.165, 1.54) is 0 Å². The van der Waals surface area contributed by atoms with Crippen LogP contribution in [0.25, 0.3) is 11.1 Å². The van der Waals surface area contributed by atoms with E-state index in [1.807, 2.05) is 84.9 Å². The van der Waals surface area contributed by atoms with Gasteiger partial charge in [0.1, 0.15) is 19.0 Å². The van der Waals surface area contributed by atoms with E-state index in [-0.39, 0.29) is 12.5 Å². The highest BCUT2D eigenvalue weighted by Crippen LogP contribution is 2.29. The van der Waals surface area contributed by atoms with E-state index < -0.39 is 0 Å². The Kier molecular flexibility index (Phi) is 7.01. The zero-order valence-electron chi connectivity index (χ0n) is 15.1. The summed E-state index contributed by atoms with van der Waals surface area (Å²) in [7, 11) is 0. The molecule has 1 N–H and O–H groups in total. The fraction of sp³-hybridized carbons (Fsp3) is 0.174. The minimum Gasteiger partial charge on any atom is -0.491 e. The molecule has 27 heavy (non-hydrogen) atoms. The van der Waals surface area contributed by atoms with Gasteiger partial charge in [-0.3, -0.25) is 4.79 Å². The number of para-hydroxylation sites is 1. The van der Waals surface area contributed by atoms with Gasteiger partial charge in [0, 0.05) is 5.56 Å². The second-order valence-electron chi connectivity index (χ2n) is 6.04. The molecule has 3 rings (SSSR count). The van der Waals surface area contributed by atoms with Gasteiger partial charge in [-0.1, -0.05) is 78.9 Å². The molecule has 0 spiro atoms. The van der Waals surface area contributed by atoms with Crippen molar-refractivity contribution in [3.05, 3.63) is 90.5 Å². The first-order chi connectivity index (χ1) is 13.3. The highest BCUT2D eigenvalue weighted by atomic mass is 16.5. The van der Waals surface area contributed by atoms with Crippen LogP contribution in [0.5, 0.6) is 5.75 Å². The van der Waals surface area contributed by atoms with Crippen molar-refractivity contribution in [2.75, 3.05) is 19.8 Å². The molecule has 138 valence electrons. The van der Waals surface area contributed by atoms with Crippen molar-refractivity contribution in [3.63, 3.8) is 0 Å². The summed E-state index contributed by atoms with van der Waals surface area (Å²) in [5.74, 6) is 0.657. The van der Waals surface area contributed by atoms with E-state index in [0.717, 1.165) is 22.4 Å². The van der Waals surface area contributed by atoms with Gasteiger partial charge in [-0.15, -0.1) is 0 Å². The Morgan fingerprint density at radius 3 is 2.26 bits per heavy atom. The lowest BCUT2D eigenvalue weighted by Gasteiger charge is -2.12. The number of hydrogen-bond acceptors (Lipinski definition) is 3. The molecule has 0 atom stereocenters. The van der Waals surface area contributed by atoms with E-state index in [0.29, 0.717) is 19.8 Å². The number of nitrogens with one attached hydrogen (secondary N) is 1. The van der Waals surface area contributed by atoms with Gasteiger partial charge in [0.15, 0.2) is 0 Å². The zero-order valence-corrected chi connectivity index (χ0v) is 15.1. The van der Waals surface area contributed by atoms with Crippen molar-refractivity contribution in [1.29, 1.82) is 0 Å². The van der Waals surface area contributed by atoms with E-state index >= 15 is 0 Å². The second kappa shape index (κ2) is 10.1. The Labute approximate surface area is 159 Å². The van der Waals surface area contributed by atoms with Crippen LogP contribution >= 0.6 is 0 Å². The maximum absolute atomic E-state index is 11.8. The Morgan fingerprint density at radius 1 is 0.815 bits per heavy atom. The molecule has 4 heteroatoms. The largest absolute Gasteiger partial charge is 0.491 e. The summed E-state index contributed by atoms with van der Waals surface area (Å²) in [4.78, 5) is 11.8. The number of rotatable bonds is 9. The lowest BCUT2D eigenvalue weighted by molar-refractivity contribution is -0.126. The van der Waals surface area contributed by atoms with Gasteiger partial charge in [-0.2, -0.15) is 0 Å². The second-order valence-corrected chi connectivity index (χ2v) is 6.04. The van der Waals surface area contributed by atoms with Crippen molar-refractivity contribution < 1.29 is 14.3 Å². The molecule has 4 nitrogen and oxygen atoms in total. The molecule has 0 unspecified atom stereocenters. The molecule has 0 saturated carbocycles. The zero-order chi connectivity index (χ0) is 18.7. The summed E-state index contributed by atoms with van der Waals surface area (Å²) >= 11 is 0. The molecule has 0 fully saturated rings. The maximum Gasteiger partial charge on any atom is 0.246 e. The molecule has 0 heterocycles. The first-order valence-corrected chi connectivity index (χ1v) is 8.98. The fourth-order valence-corrected chi connectivity index (χ4v) is 2.69. The monoisotopic (exact) mass is 361 g/mol. The van der Waals surface area contributed by atoms with Crippen LogP contribution in [-0.4, -0.2) is 25.7 Å². The smallest absolute Gasteiger partial charge is 0.246 e. The van der Waals surface area contributed by atoms with Crippen LogP contribution in [0.4, 0.5) is 0 Å². The molecule has 0 radical (unpaired) electrons. The number of hydrogen-bond donors (Lipinski definition) is 1. The van der Waals surface area contributed by atoms with Crippen molar-refractivity contribution in [3.8, 4) is 16.9 Å². The van der Waals surface area contributed by atoms with E-state index in [1.54, 1.807) is 0 Å². The molecule has 1 amide bonds. The predicted molar refractivity (Wildman–Crippen MR) is 106 cm³/mol. The summed E-state index contributed by atoms with van der Waals surface area (Å²) in [5, 5.41) is 2.81. The SMILES string of the molecule is O=C(COCc1ccccc1)NCCOc1ccccc1-c1ccccc1. The minimum atomic E-state index is -0.147. The van der Waals surface area contributed by atoms with Crippen LogP contribution in [-0.2, 0) is 16.1 Å². The summed E-state index contributed by atoms with van der Waals surface area (Å²) in [6.45, 7) is 1.29. The van der Waals surface area contributed by atoms with Crippen molar-refractivity contribution >= 4 is 5.91 Å². The van der Waals surface area contributed by atoms with Crippen molar-refractivity contribution in [2.45, 2.75) is 6.61 Å². The van der Waals surface area contributed by atoms with Gasteiger partial charge in [0.25, 0.3) is 0 Å². The van der Waals surface area contributed by atoms with Crippen LogP contribution in [0.3, 0.4) is 0 Å². The fourth-order valence-electron chi connectivity index (χ4n) is 2.69. The lowest BCUT2D eigenvalue weighted by Crippen LogP contribution is -2.31. The topological polar surface area (TPSA) is 47.6 Å². The van der Waals surface area contributed by atoms with Crippen molar-refractivity contribution in [2.24, 2.45) is 0 Å². The van der Waals surface area contributed by atoms with Gasteiger partial charge < -0.3 is 14.8 Å². The lowest BCUT2D eigenvalue weighted by atomic mass is 10.1. The molecule has 0 aromatic heterocycles. The van der Waals surface area contributed by atoms with Gasteiger partial charge >= 0.3 is 0 Å². The number of amides is 1. The molecule has 0 aliphatic carbocycles. The third-order valence-electron chi connectivity index (χ3n) is 4.00. The van der Waals surface area contributed by atoms with Crippen molar-refractivity contribution in [1.82, 2.24) is 5.32 Å². The van der Waals surface area contributed by atoms with Gasteiger partial charge in [0.05, 0.1) is 13.2 Å².